The summed E-state index contributed by atoms with van der Waals surface area (Å²) in [5, 5.41) is 14.0. The van der Waals surface area contributed by atoms with Crippen molar-refractivity contribution in [3.05, 3.63) is 35.5 Å². The molecular formula is C14H18N2O. The predicted octanol–water partition coefficient (Wildman–Crippen LogP) is 3.05. The molecular weight excluding hydrogens is 212 g/mol. The van der Waals surface area contributed by atoms with Crippen LogP contribution in [0.4, 0.5) is 0 Å². The molecule has 0 aliphatic rings. The van der Waals surface area contributed by atoms with Gasteiger partial charge in [0, 0.05) is 12.7 Å². The zero-order valence-electron chi connectivity index (χ0n) is 10.6. The lowest BCUT2D eigenvalue weighted by atomic mass is 10.0. The summed E-state index contributed by atoms with van der Waals surface area (Å²) in [5.41, 5.74) is 4.21. The number of rotatable bonds is 3. The van der Waals surface area contributed by atoms with Crippen LogP contribution in [0.15, 0.2) is 24.3 Å². The zero-order valence-corrected chi connectivity index (χ0v) is 10.6. The first-order valence-corrected chi connectivity index (χ1v) is 5.95. The van der Waals surface area contributed by atoms with Crippen LogP contribution in [0.1, 0.15) is 24.6 Å². The smallest absolute Gasteiger partial charge is 0.238 e. The summed E-state index contributed by atoms with van der Waals surface area (Å²) in [7, 11) is 1.88. The van der Waals surface area contributed by atoms with E-state index in [0.717, 1.165) is 29.7 Å². The van der Waals surface area contributed by atoms with Crippen molar-refractivity contribution in [1.29, 1.82) is 0 Å². The van der Waals surface area contributed by atoms with Crippen LogP contribution < -0.4 is 0 Å². The van der Waals surface area contributed by atoms with Gasteiger partial charge in [0.05, 0.1) is 5.56 Å². The molecule has 0 radical (unpaired) electrons. The molecule has 3 heteroatoms. The molecule has 0 unspecified atom stereocenters. The van der Waals surface area contributed by atoms with Crippen molar-refractivity contribution in [2.45, 2.75) is 26.7 Å². The van der Waals surface area contributed by atoms with Crippen molar-refractivity contribution in [1.82, 2.24) is 9.78 Å². The number of aryl methyl sites for hydroxylation is 2. The molecule has 2 aromatic rings. The second-order valence-electron chi connectivity index (χ2n) is 4.38. The maximum atomic E-state index is 9.93. The molecule has 0 atom stereocenters. The van der Waals surface area contributed by atoms with Gasteiger partial charge < -0.3 is 5.11 Å². The lowest BCUT2D eigenvalue weighted by Crippen LogP contribution is -1.98. The molecule has 0 fully saturated rings. The monoisotopic (exact) mass is 230 g/mol. The van der Waals surface area contributed by atoms with E-state index >= 15 is 0 Å². The van der Waals surface area contributed by atoms with Crippen LogP contribution in [0.3, 0.4) is 0 Å². The second-order valence-corrected chi connectivity index (χ2v) is 4.38. The first kappa shape index (κ1) is 11.7. The Labute approximate surface area is 102 Å². The van der Waals surface area contributed by atoms with Crippen LogP contribution in [0.25, 0.3) is 11.1 Å². The van der Waals surface area contributed by atoms with E-state index in [1.165, 1.54) is 5.56 Å². The van der Waals surface area contributed by atoms with Gasteiger partial charge in [0.2, 0.25) is 5.88 Å². The van der Waals surface area contributed by atoms with Crippen molar-refractivity contribution in [2.75, 3.05) is 0 Å². The van der Waals surface area contributed by atoms with Gasteiger partial charge in [-0.2, -0.15) is 0 Å². The summed E-state index contributed by atoms with van der Waals surface area (Å²) in [5.74, 6) is 0.125. The first-order chi connectivity index (χ1) is 8.13. The van der Waals surface area contributed by atoms with E-state index in [2.05, 4.69) is 31.1 Å². The fraction of sp³-hybridized carbons (Fsp3) is 0.357. The molecule has 0 amide bonds. The van der Waals surface area contributed by atoms with E-state index in [4.69, 9.17) is 0 Å². The molecule has 0 saturated carbocycles. The van der Waals surface area contributed by atoms with Crippen molar-refractivity contribution in [3.8, 4) is 17.0 Å². The van der Waals surface area contributed by atoms with E-state index in [-0.39, 0.29) is 5.88 Å². The fourth-order valence-corrected chi connectivity index (χ4v) is 2.08. The van der Waals surface area contributed by atoms with Gasteiger partial charge in [-0.25, -0.2) is 0 Å². The quantitative estimate of drug-likeness (QED) is 0.880. The van der Waals surface area contributed by atoms with Crippen LogP contribution in [-0.4, -0.2) is 14.9 Å². The maximum absolute atomic E-state index is 9.93. The Kier molecular flexibility index (Phi) is 3.18. The van der Waals surface area contributed by atoms with Gasteiger partial charge in [0.15, 0.2) is 0 Å². The van der Waals surface area contributed by atoms with Gasteiger partial charge in [-0.3, -0.25) is 4.68 Å². The van der Waals surface area contributed by atoms with E-state index in [1.54, 1.807) is 4.68 Å². The molecule has 1 heterocycles. The van der Waals surface area contributed by atoms with Crippen molar-refractivity contribution < 1.29 is 5.11 Å². The molecule has 1 aromatic carbocycles. The van der Waals surface area contributed by atoms with Gasteiger partial charge in [0.1, 0.15) is 0 Å². The molecule has 0 spiro atoms. The van der Waals surface area contributed by atoms with Gasteiger partial charge >= 0.3 is 0 Å². The third-order valence-corrected chi connectivity index (χ3v) is 2.97. The Morgan fingerprint density at radius 2 is 1.88 bits per heavy atom. The highest BCUT2D eigenvalue weighted by Gasteiger charge is 2.16. The summed E-state index contributed by atoms with van der Waals surface area (Å²) in [6.07, 6.45) is 1.96. The van der Waals surface area contributed by atoms with Crippen LogP contribution in [0.5, 0.6) is 5.88 Å². The van der Waals surface area contributed by atoms with Gasteiger partial charge in [-0.05, 0) is 18.9 Å². The Bertz CT molecular complexity index is 512. The molecule has 3 nitrogen and oxygen atoms in total. The lowest BCUT2D eigenvalue weighted by molar-refractivity contribution is 0.445. The molecule has 0 aliphatic carbocycles. The van der Waals surface area contributed by atoms with Crippen molar-refractivity contribution >= 4 is 0 Å². The Balaban J connectivity index is 2.53. The predicted molar refractivity (Wildman–Crippen MR) is 69.0 cm³/mol. The fourth-order valence-electron chi connectivity index (χ4n) is 2.08. The van der Waals surface area contributed by atoms with E-state index in [9.17, 15) is 5.11 Å². The number of hydrogen-bond donors (Lipinski definition) is 1. The van der Waals surface area contributed by atoms with Gasteiger partial charge in [-0.15, -0.1) is 5.10 Å². The standard InChI is InChI=1S/C14H18N2O/c1-4-5-12-13(14(17)15-16(12)3)11-8-6-10(2)7-9-11/h6-9H,4-5H2,1-3H3,(H,15,17). The number of nitrogens with zero attached hydrogens (tertiary/aromatic N) is 2. The molecule has 90 valence electrons. The first-order valence-electron chi connectivity index (χ1n) is 5.95. The Morgan fingerprint density at radius 1 is 1.24 bits per heavy atom. The molecule has 1 N–H and O–H groups in total. The average molecular weight is 230 g/mol. The molecule has 17 heavy (non-hydrogen) atoms. The maximum Gasteiger partial charge on any atom is 0.238 e. The number of aromatic hydroxyl groups is 1. The summed E-state index contributed by atoms with van der Waals surface area (Å²) in [6, 6.07) is 8.17. The van der Waals surface area contributed by atoms with Crippen LogP contribution in [0.2, 0.25) is 0 Å². The second kappa shape index (κ2) is 4.62. The highest BCUT2D eigenvalue weighted by Crippen LogP contribution is 2.32. The molecule has 0 aliphatic heterocycles. The topological polar surface area (TPSA) is 38.1 Å². The zero-order chi connectivity index (χ0) is 12.4. The highest BCUT2D eigenvalue weighted by molar-refractivity contribution is 5.71. The molecule has 1 aromatic heterocycles. The van der Waals surface area contributed by atoms with Gasteiger partial charge in [0.25, 0.3) is 0 Å². The van der Waals surface area contributed by atoms with Crippen molar-refractivity contribution in [2.24, 2.45) is 7.05 Å². The largest absolute Gasteiger partial charge is 0.492 e. The highest BCUT2D eigenvalue weighted by atomic mass is 16.3. The summed E-state index contributed by atoms with van der Waals surface area (Å²) < 4.78 is 1.77. The minimum atomic E-state index is 0.125. The minimum absolute atomic E-state index is 0.125. The number of aromatic nitrogens is 2. The molecule has 0 saturated heterocycles. The number of benzene rings is 1. The summed E-state index contributed by atoms with van der Waals surface area (Å²) in [4.78, 5) is 0. The summed E-state index contributed by atoms with van der Waals surface area (Å²) >= 11 is 0. The Morgan fingerprint density at radius 3 is 2.47 bits per heavy atom. The van der Waals surface area contributed by atoms with E-state index in [1.807, 2.05) is 19.2 Å². The van der Waals surface area contributed by atoms with Crippen LogP contribution >= 0.6 is 0 Å². The van der Waals surface area contributed by atoms with Crippen LogP contribution in [-0.2, 0) is 13.5 Å². The van der Waals surface area contributed by atoms with E-state index < -0.39 is 0 Å². The molecule has 2 rings (SSSR count). The average Bonchev–Trinajstić information content (AvgIpc) is 2.56. The summed E-state index contributed by atoms with van der Waals surface area (Å²) in [6.45, 7) is 4.18. The Hall–Kier alpha value is -1.77. The van der Waals surface area contributed by atoms with Crippen LogP contribution in [0, 0.1) is 6.92 Å². The third kappa shape index (κ3) is 2.18. The third-order valence-electron chi connectivity index (χ3n) is 2.97. The van der Waals surface area contributed by atoms with Gasteiger partial charge in [-0.1, -0.05) is 43.2 Å². The minimum Gasteiger partial charge on any atom is -0.492 e. The van der Waals surface area contributed by atoms with E-state index in [0.29, 0.717) is 0 Å². The number of hydrogen-bond acceptors (Lipinski definition) is 2. The van der Waals surface area contributed by atoms with Crippen molar-refractivity contribution in [3.63, 3.8) is 0 Å². The lowest BCUT2D eigenvalue weighted by Gasteiger charge is -2.05. The normalized spacial score (nSPS) is 10.8. The SMILES string of the molecule is CCCc1c(-c2ccc(C)cc2)c(O)nn1C. The molecule has 0 bridgehead atoms.